The molecule has 1 aromatic rings. The van der Waals surface area contributed by atoms with Gasteiger partial charge in [-0.15, -0.1) is 11.8 Å². The molecule has 1 atom stereocenters. The summed E-state index contributed by atoms with van der Waals surface area (Å²) in [5.74, 6) is 0.918. The summed E-state index contributed by atoms with van der Waals surface area (Å²) in [6.45, 7) is 14.1. The average molecular weight is 290 g/mol. The van der Waals surface area contributed by atoms with Crippen LogP contribution in [0.25, 0.3) is 4.91 Å². The zero-order chi connectivity index (χ0) is 15.1. The van der Waals surface area contributed by atoms with Gasteiger partial charge in [-0.1, -0.05) is 53.7 Å². The smallest absolute Gasteiger partial charge is 0.118 e. The first-order valence-corrected chi connectivity index (χ1v) is 8.12. The molecule has 1 unspecified atom stereocenters. The van der Waals surface area contributed by atoms with Crippen LogP contribution in [0.2, 0.25) is 0 Å². The van der Waals surface area contributed by atoms with Crippen LogP contribution >= 0.6 is 11.8 Å². The van der Waals surface area contributed by atoms with Crippen molar-refractivity contribution >= 4 is 16.7 Å². The topological polar surface area (TPSA) is 9.23 Å². The van der Waals surface area contributed by atoms with Gasteiger partial charge in [-0.25, -0.2) is 0 Å². The minimum atomic E-state index is 0.191. The third kappa shape index (κ3) is 2.63. The van der Waals surface area contributed by atoms with E-state index in [0.29, 0.717) is 5.25 Å². The van der Waals surface area contributed by atoms with Crippen LogP contribution in [-0.4, -0.2) is 12.4 Å². The normalized spacial score (nSPS) is 22.2. The molecular formula is C18H26OS. The maximum Gasteiger partial charge on any atom is 0.118 e. The highest BCUT2D eigenvalue weighted by Crippen LogP contribution is 2.59. The van der Waals surface area contributed by atoms with Crippen molar-refractivity contribution < 1.29 is 4.74 Å². The van der Waals surface area contributed by atoms with Gasteiger partial charge in [-0.05, 0) is 34.1 Å². The van der Waals surface area contributed by atoms with E-state index >= 15 is 0 Å². The number of rotatable bonds is 2. The lowest BCUT2D eigenvalue weighted by molar-refractivity contribution is 0.344. The van der Waals surface area contributed by atoms with E-state index in [9.17, 15) is 0 Å². The van der Waals surface area contributed by atoms with E-state index in [-0.39, 0.29) is 10.8 Å². The van der Waals surface area contributed by atoms with Crippen molar-refractivity contribution in [2.45, 2.75) is 46.8 Å². The van der Waals surface area contributed by atoms with Crippen LogP contribution in [0.4, 0.5) is 0 Å². The molecule has 2 heteroatoms. The molecule has 1 heterocycles. The second-order valence-electron chi connectivity index (χ2n) is 7.16. The summed E-state index contributed by atoms with van der Waals surface area (Å²) >= 11 is 2.01. The van der Waals surface area contributed by atoms with Gasteiger partial charge in [0.2, 0.25) is 0 Å². The van der Waals surface area contributed by atoms with Gasteiger partial charge in [-0.3, -0.25) is 0 Å². The van der Waals surface area contributed by atoms with E-state index in [4.69, 9.17) is 4.74 Å². The van der Waals surface area contributed by atoms with E-state index in [1.54, 1.807) is 12.7 Å². The molecule has 0 saturated heterocycles. The Kier molecular flexibility index (Phi) is 3.98. The number of hydrogen-bond donors (Lipinski definition) is 0. The standard InChI is InChI=1S/C18H26OS/c1-12-18(5,6)16(17(2,3)4)15(20-12)13-8-10-14(19-7)11-9-13/h8-12H,1-7H3. The molecule has 2 rings (SSSR count). The van der Waals surface area contributed by atoms with E-state index in [0.717, 1.165) is 5.75 Å². The van der Waals surface area contributed by atoms with Gasteiger partial charge < -0.3 is 4.74 Å². The first kappa shape index (κ1) is 15.5. The lowest BCUT2D eigenvalue weighted by atomic mass is 9.69. The van der Waals surface area contributed by atoms with Crippen LogP contribution in [-0.2, 0) is 0 Å². The summed E-state index contributed by atoms with van der Waals surface area (Å²) < 4.78 is 5.27. The molecule has 0 amide bonds. The molecule has 1 aromatic carbocycles. The van der Waals surface area contributed by atoms with E-state index in [1.807, 2.05) is 11.8 Å². The summed E-state index contributed by atoms with van der Waals surface area (Å²) in [7, 11) is 1.71. The molecule has 0 radical (unpaired) electrons. The van der Waals surface area contributed by atoms with Crippen molar-refractivity contribution in [2.75, 3.05) is 7.11 Å². The average Bonchev–Trinajstić information content (AvgIpc) is 2.60. The molecule has 1 aliphatic heterocycles. The van der Waals surface area contributed by atoms with E-state index in [1.165, 1.54) is 10.5 Å². The first-order valence-electron chi connectivity index (χ1n) is 7.24. The van der Waals surface area contributed by atoms with Crippen molar-refractivity contribution in [3.63, 3.8) is 0 Å². The molecule has 0 N–H and O–H groups in total. The van der Waals surface area contributed by atoms with Crippen molar-refractivity contribution in [2.24, 2.45) is 10.8 Å². The van der Waals surface area contributed by atoms with Crippen LogP contribution in [0.15, 0.2) is 29.8 Å². The number of hydrogen-bond acceptors (Lipinski definition) is 2. The Balaban J connectivity index is 2.55. The lowest BCUT2D eigenvalue weighted by Gasteiger charge is -2.35. The molecule has 0 fully saturated rings. The Morgan fingerprint density at radius 1 is 1.10 bits per heavy atom. The third-order valence-corrected chi connectivity index (χ3v) is 5.90. The second-order valence-corrected chi connectivity index (χ2v) is 8.52. The molecule has 0 aromatic heterocycles. The summed E-state index contributed by atoms with van der Waals surface area (Å²) in [5.41, 5.74) is 3.32. The molecule has 0 aliphatic carbocycles. The molecule has 110 valence electrons. The SMILES string of the molecule is COc1ccc(C2=C(C(C)(C)C)C(C)(C)C(C)S2)cc1. The summed E-state index contributed by atoms with van der Waals surface area (Å²) in [6.07, 6.45) is 0. The maximum absolute atomic E-state index is 5.27. The van der Waals surface area contributed by atoms with Crippen LogP contribution in [0.5, 0.6) is 5.75 Å². The van der Waals surface area contributed by atoms with Crippen molar-refractivity contribution in [1.82, 2.24) is 0 Å². The molecular weight excluding hydrogens is 264 g/mol. The van der Waals surface area contributed by atoms with Crippen LogP contribution in [0.3, 0.4) is 0 Å². The molecule has 0 bridgehead atoms. The van der Waals surface area contributed by atoms with Crippen LogP contribution < -0.4 is 4.74 Å². The van der Waals surface area contributed by atoms with Gasteiger partial charge in [0.25, 0.3) is 0 Å². The van der Waals surface area contributed by atoms with Gasteiger partial charge in [0.15, 0.2) is 0 Å². The predicted octanol–water partition coefficient (Wildman–Crippen LogP) is 5.61. The molecule has 0 spiro atoms. The number of methoxy groups -OCH3 is 1. The zero-order valence-corrected chi connectivity index (χ0v) is 14.5. The third-order valence-electron chi connectivity index (χ3n) is 4.28. The Morgan fingerprint density at radius 3 is 2.10 bits per heavy atom. The number of ether oxygens (including phenoxy) is 1. The summed E-state index contributed by atoms with van der Waals surface area (Å²) in [5, 5.41) is 0.605. The predicted molar refractivity (Wildman–Crippen MR) is 90.2 cm³/mol. The van der Waals surface area contributed by atoms with Gasteiger partial charge >= 0.3 is 0 Å². The molecule has 1 aliphatic rings. The van der Waals surface area contributed by atoms with E-state index in [2.05, 4.69) is 65.8 Å². The van der Waals surface area contributed by atoms with Gasteiger partial charge in [0.05, 0.1) is 7.11 Å². The second kappa shape index (κ2) is 5.14. The fourth-order valence-electron chi connectivity index (χ4n) is 3.14. The zero-order valence-electron chi connectivity index (χ0n) is 13.7. The highest BCUT2D eigenvalue weighted by atomic mass is 32.2. The highest BCUT2D eigenvalue weighted by Gasteiger charge is 2.44. The molecule has 20 heavy (non-hydrogen) atoms. The van der Waals surface area contributed by atoms with Crippen molar-refractivity contribution in [3.05, 3.63) is 35.4 Å². The van der Waals surface area contributed by atoms with Crippen molar-refractivity contribution in [1.29, 1.82) is 0 Å². The van der Waals surface area contributed by atoms with Crippen LogP contribution in [0, 0.1) is 10.8 Å². The Bertz CT molecular complexity index is 517. The Hall–Kier alpha value is -0.890. The van der Waals surface area contributed by atoms with Gasteiger partial charge in [0.1, 0.15) is 5.75 Å². The number of thioether (sulfide) groups is 1. The fraction of sp³-hybridized carbons (Fsp3) is 0.556. The lowest BCUT2D eigenvalue weighted by Crippen LogP contribution is -2.28. The molecule has 0 saturated carbocycles. The van der Waals surface area contributed by atoms with Gasteiger partial charge in [0, 0.05) is 10.2 Å². The summed E-state index contributed by atoms with van der Waals surface area (Å²) in [4.78, 5) is 1.46. The number of benzene rings is 1. The Labute approximate surface area is 127 Å². The largest absolute Gasteiger partial charge is 0.497 e. The van der Waals surface area contributed by atoms with E-state index < -0.39 is 0 Å². The quantitative estimate of drug-likeness (QED) is 0.699. The first-order chi connectivity index (χ1) is 9.17. The fourth-order valence-corrected chi connectivity index (χ4v) is 4.87. The van der Waals surface area contributed by atoms with Crippen molar-refractivity contribution in [3.8, 4) is 5.75 Å². The maximum atomic E-state index is 5.27. The summed E-state index contributed by atoms with van der Waals surface area (Å²) in [6, 6.07) is 8.47. The van der Waals surface area contributed by atoms with Gasteiger partial charge in [-0.2, -0.15) is 0 Å². The highest BCUT2D eigenvalue weighted by molar-refractivity contribution is 8.09. The minimum absolute atomic E-state index is 0.191. The minimum Gasteiger partial charge on any atom is -0.497 e. The monoisotopic (exact) mass is 290 g/mol. The molecule has 1 nitrogen and oxygen atoms in total. The number of allylic oxidation sites excluding steroid dienone is 1. The Morgan fingerprint density at radius 2 is 1.65 bits per heavy atom. The van der Waals surface area contributed by atoms with Crippen LogP contribution in [0.1, 0.15) is 47.1 Å².